The van der Waals surface area contributed by atoms with Gasteiger partial charge in [0.15, 0.2) is 11.9 Å². The molecule has 4 rings (SSSR count). The molecule has 0 amide bonds. The highest BCUT2D eigenvalue weighted by Gasteiger charge is 2.25. The molecule has 0 bridgehead atoms. The van der Waals surface area contributed by atoms with Crippen molar-refractivity contribution < 1.29 is 4.74 Å². The zero-order valence-electron chi connectivity index (χ0n) is 14.9. The minimum atomic E-state index is -0.394. The van der Waals surface area contributed by atoms with E-state index < -0.39 is 6.23 Å². The summed E-state index contributed by atoms with van der Waals surface area (Å²) in [6, 6.07) is 15.5. The van der Waals surface area contributed by atoms with Crippen LogP contribution in [0.5, 0.6) is 5.88 Å². The first-order valence-corrected chi connectivity index (χ1v) is 10.3. The molecule has 0 aliphatic carbocycles. The molecule has 27 heavy (non-hydrogen) atoms. The standard InChI is InChI=1S/C20H19ClN4OS/c1-2-3-12-27-20-23-19-17(24-25-20)15-6-4-5-7-16(15)22-18(26-19)13-8-10-14(21)11-9-13/h4-11,18,22H,2-3,12H2,1H3/t18-/m1/s1. The fourth-order valence-electron chi connectivity index (χ4n) is 2.80. The second-order valence-corrected chi connectivity index (χ2v) is 7.69. The summed E-state index contributed by atoms with van der Waals surface area (Å²) < 4.78 is 6.23. The average Bonchev–Trinajstić information content (AvgIpc) is 2.85. The van der Waals surface area contributed by atoms with Crippen molar-refractivity contribution in [3.63, 3.8) is 0 Å². The largest absolute Gasteiger partial charge is 0.448 e. The number of nitrogens with zero attached hydrogens (tertiary/aromatic N) is 3. The van der Waals surface area contributed by atoms with Gasteiger partial charge in [0.05, 0.1) is 0 Å². The number of para-hydroxylation sites is 1. The number of nitrogens with one attached hydrogen (secondary N) is 1. The Morgan fingerprint density at radius 3 is 2.74 bits per heavy atom. The quantitative estimate of drug-likeness (QED) is 0.446. The first-order chi connectivity index (χ1) is 13.2. The molecule has 138 valence electrons. The number of unbranched alkanes of at least 4 members (excludes halogenated alkanes) is 1. The molecule has 0 saturated carbocycles. The van der Waals surface area contributed by atoms with Crippen LogP contribution in [0.15, 0.2) is 53.7 Å². The monoisotopic (exact) mass is 398 g/mol. The van der Waals surface area contributed by atoms with Gasteiger partial charge in [-0.05, 0) is 24.6 Å². The maximum absolute atomic E-state index is 6.23. The van der Waals surface area contributed by atoms with E-state index in [1.54, 1.807) is 11.8 Å². The molecule has 0 unspecified atom stereocenters. The Morgan fingerprint density at radius 1 is 1.11 bits per heavy atom. The molecule has 1 N–H and O–H groups in total. The van der Waals surface area contributed by atoms with Gasteiger partial charge in [0.2, 0.25) is 11.0 Å². The van der Waals surface area contributed by atoms with Gasteiger partial charge in [0.1, 0.15) is 0 Å². The number of fused-ring (bicyclic) bond motifs is 3. The van der Waals surface area contributed by atoms with E-state index in [-0.39, 0.29) is 0 Å². The molecule has 3 aromatic rings. The van der Waals surface area contributed by atoms with E-state index >= 15 is 0 Å². The van der Waals surface area contributed by atoms with Crippen molar-refractivity contribution in [1.82, 2.24) is 15.2 Å². The number of thioether (sulfide) groups is 1. The molecule has 1 atom stereocenters. The maximum Gasteiger partial charge on any atom is 0.247 e. The molecule has 0 spiro atoms. The maximum atomic E-state index is 6.23. The Kier molecular flexibility index (Phi) is 5.45. The van der Waals surface area contributed by atoms with Crippen LogP contribution in [-0.2, 0) is 0 Å². The second kappa shape index (κ2) is 8.15. The Morgan fingerprint density at radius 2 is 1.93 bits per heavy atom. The zero-order chi connectivity index (χ0) is 18.6. The summed E-state index contributed by atoms with van der Waals surface area (Å²) in [6.45, 7) is 2.17. The van der Waals surface area contributed by atoms with E-state index in [0.29, 0.717) is 21.8 Å². The summed E-state index contributed by atoms with van der Waals surface area (Å²) in [4.78, 5) is 4.64. The SMILES string of the molecule is CCCCSc1nnc2c(n1)O[C@H](c1ccc(Cl)cc1)Nc1ccccc1-2. The third kappa shape index (κ3) is 4.01. The fraction of sp³-hybridized carbons (Fsp3) is 0.250. The number of rotatable bonds is 5. The van der Waals surface area contributed by atoms with Gasteiger partial charge in [-0.15, -0.1) is 10.2 Å². The number of aromatic nitrogens is 3. The van der Waals surface area contributed by atoms with Gasteiger partial charge in [0.25, 0.3) is 0 Å². The minimum Gasteiger partial charge on any atom is -0.448 e. The summed E-state index contributed by atoms with van der Waals surface area (Å²) in [5.41, 5.74) is 3.46. The van der Waals surface area contributed by atoms with Gasteiger partial charge in [-0.1, -0.05) is 67.0 Å². The molecule has 0 saturated heterocycles. The summed E-state index contributed by atoms with van der Waals surface area (Å²) in [5.74, 6) is 1.45. The predicted molar refractivity (Wildman–Crippen MR) is 109 cm³/mol. The van der Waals surface area contributed by atoms with Crippen LogP contribution < -0.4 is 10.1 Å². The van der Waals surface area contributed by atoms with Gasteiger partial charge in [0, 0.05) is 27.6 Å². The molecule has 5 nitrogen and oxygen atoms in total. The topological polar surface area (TPSA) is 59.9 Å². The Balaban J connectivity index is 1.73. The average molecular weight is 399 g/mol. The van der Waals surface area contributed by atoms with E-state index in [0.717, 1.165) is 35.4 Å². The molecule has 1 aliphatic heterocycles. The smallest absolute Gasteiger partial charge is 0.247 e. The highest BCUT2D eigenvalue weighted by atomic mass is 35.5. The van der Waals surface area contributed by atoms with Crippen LogP contribution >= 0.6 is 23.4 Å². The van der Waals surface area contributed by atoms with Gasteiger partial charge >= 0.3 is 0 Å². The number of hydrogen-bond acceptors (Lipinski definition) is 6. The summed E-state index contributed by atoms with van der Waals surface area (Å²) in [6.07, 6.45) is 1.86. The van der Waals surface area contributed by atoms with Crippen molar-refractivity contribution >= 4 is 29.1 Å². The van der Waals surface area contributed by atoms with E-state index in [2.05, 4.69) is 27.4 Å². The van der Waals surface area contributed by atoms with Crippen LogP contribution in [0.2, 0.25) is 5.02 Å². The molecule has 2 aromatic carbocycles. The molecule has 1 aliphatic rings. The summed E-state index contributed by atoms with van der Waals surface area (Å²) in [7, 11) is 0. The fourth-order valence-corrected chi connectivity index (χ4v) is 3.79. The lowest BCUT2D eigenvalue weighted by molar-refractivity contribution is 0.225. The van der Waals surface area contributed by atoms with E-state index in [4.69, 9.17) is 16.3 Å². The minimum absolute atomic E-state index is 0.394. The van der Waals surface area contributed by atoms with Gasteiger partial charge in [-0.2, -0.15) is 4.98 Å². The van der Waals surface area contributed by atoms with Gasteiger partial charge in [-0.3, -0.25) is 0 Å². The van der Waals surface area contributed by atoms with Crippen molar-refractivity contribution in [2.24, 2.45) is 0 Å². The van der Waals surface area contributed by atoms with Crippen LogP contribution in [0.1, 0.15) is 31.6 Å². The molecule has 0 fully saturated rings. The van der Waals surface area contributed by atoms with Crippen LogP contribution in [0.25, 0.3) is 11.3 Å². The third-order valence-electron chi connectivity index (χ3n) is 4.24. The lowest BCUT2D eigenvalue weighted by Gasteiger charge is -2.19. The molecular weight excluding hydrogens is 380 g/mol. The number of ether oxygens (including phenoxy) is 1. The third-order valence-corrected chi connectivity index (χ3v) is 5.41. The Hall–Kier alpha value is -2.31. The second-order valence-electron chi connectivity index (χ2n) is 6.19. The lowest BCUT2D eigenvalue weighted by atomic mass is 10.1. The molecule has 1 aromatic heterocycles. The van der Waals surface area contributed by atoms with Crippen LogP contribution in [0.3, 0.4) is 0 Å². The highest BCUT2D eigenvalue weighted by Crippen LogP contribution is 2.39. The molecule has 0 radical (unpaired) electrons. The van der Waals surface area contributed by atoms with E-state index in [1.807, 2.05) is 48.5 Å². The summed E-state index contributed by atoms with van der Waals surface area (Å²) in [5, 5.41) is 13.5. The van der Waals surface area contributed by atoms with Crippen molar-refractivity contribution in [3.05, 3.63) is 59.1 Å². The van der Waals surface area contributed by atoms with Crippen molar-refractivity contribution in [1.29, 1.82) is 0 Å². The first-order valence-electron chi connectivity index (χ1n) is 8.90. The van der Waals surface area contributed by atoms with Crippen molar-refractivity contribution in [2.75, 3.05) is 11.1 Å². The van der Waals surface area contributed by atoms with Gasteiger partial charge < -0.3 is 10.1 Å². The van der Waals surface area contributed by atoms with E-state index in [1.165, 1.54) is 0 Å². The van der Waals surface area contributed by atoms with Crippen LogP contribution in [0, 0.1) is 0 Å². The van der Waals surface area contributed by atoms with E-state index in [9.17, 15) is 0 Å². The summed E-state index contributed by atoms with van der Waals surface area (Å²) >= 11 is 7.63. The van der Waals surface area contributed by atoms with Crippen molar-refractivity contribution in [3.8, 4) is 17.1 Å². The van der Waals surface area contributed by atoms with Crippen molar-refractivity contribution in [2.45, 2.75) is 31.1 Å². The number of benzene rings is 2. The van der Waals surface area contributed by atoms with Crippen LogP contribution in [-0.4, -0.2) is 20.9 Å². The first kappa shape index (κ1) is 18.1. The molecule has 7 heteroatoms. The number of hydrogen-bond donors (Lipinski definition) is 1. The molecular formula is C20H19ClN4OS. The Labute approximate surface area is 167 Å². The highest BCUT2D eigenvalue weighted by molar-refractivity contribution is 7.99. The predicted octanol–water partition coefficient (Wildman–Crippen LogP) is 5.59. The van der Waals surface area contributed by atoms with Crippen LogP contribution in [0.4, 0.5) is 5.69 Å². The number of halogens is 1. The normalized spacial score (nSPS) is 15.1. The van der Waals surface area contributed by atoms with Gasteiger partial charge in [-0.25, -0.2) is 0 Å². The lowest BCUT2D eigenvalue weighted by Crippen LogP contribution is -2.17. The number of anilines is 1. The zero-order valence-corrected chi connectivity index (χ0v) is 16.4. The molecule has 2 heterocycles. The Bertz CT molecular complexity index is 936.